The summed E-state index contributed by atoms with van der Waals surface area (Å²) in [6, 6.07) is 0. The second-order valence-corrected chi connectivity index (χ2v) is 7.11. The molecule has 0 radical (unpaired) electrons. The van der Waals surface area contributed by atoms with Crippen LogP contribution in [0.3, 0.4) is 0 Å². The largest absolute Gasteiger partial charge is 0.447 e. The number of carbonyl (C=O) groups excluding carboxylic acids is 2. The third-order valence-corrected chi connectivity index (χ3v) is 4.68. The maximum Gasteiger partial charge on any atom is 0.416 e. The lowest BCUT2D eigenvalue weighted by Crippen LogP contribution is -2.43. The predicted molar refractivity (Wildman–Crippen MR) is 90.4 cm³/mol. The first-order valence-corrected chi connectivity index (χ1v) is 8.48. The molecule has 0 bridgehead atoms. The maximum absolute atomic E-state index is 12.0. The van der Waals surface area contributed by atoms with Gasteiger partial charge in [0.15, 0.2) is 5.82 Å². The van der Waals surface area contributed by atoms with Gasteiger partial charge in [-0.05, 0) is 26.7 Å². The van der Waals surface area contributed by atoms with Gasteiger partial charge in [0.1, 0.15) is 13.2 Å². The molecule has 1 unspecified atom stereocenters. The molecule has 2 fully saturated rings. The zero-order valence-electron chi connectivity index (χ0n) is 14.9. The Hall–Kier alpha value is -2.22. The number of likely N-dealkylation sites (tertiary alicyclic amines) is 1. The van der Waals surface area contributed by atoms with Crippen LogP contribution in [0.1, 0.15) is 38.3 Å². The molecule has 0 aliphatic carbocycles. The summed E-state index contributed by atoms with van der Waals surface area (Å²) >= 11 is 0. The monoisotopic (exact) mass is 348 g/mol. The number of carbonyl (C=O) groups is 2. The molecule has 0 aromatic carbocycles. The minimum absolute atomic E-state index is 0.00154. The Bertz CT molecular complexity index is 647. The number of cyclic esters (lactones) is 1. The van der Waals surface area contributed by atoms with Crippen LogP contribution >= 0.6 is 0 Å². The molecule has 1 aromatic heterocycles. The van der Waals surface area contributed by atoms with Crippen LogP contribution in [-0.2, 0) is 14.3 Å². The van der Waals surface area contributed by atoms with Crippen molar-refractivity contribution in [2.75, 3.05) is 38.3 Å². The van der Waals surface area contributed by atoms with Crippen molar-refractivity contribution in [2.24, 2.45) is 0 Å². The van der Waals surface area contributed by atoms with Crippen molar-refractivity contribution in [1.29, 1.82) is 0 Å². The number of piperidine rings is 1. The second-order valence-electron chi connectivity index (χ2n) is 7.11. The molecule has 3 heterocycles. The summed E-state index contributed by atoms with van der Waals surface area (Å²) in [5, 5.41) is 0. The van der Waals surface area contributed by atoms with Gasteiger partial charge in [-0.25, -0.2) is 9.78 Å². The van der Waals surface area contributed by atoms with E-state index in [1.54, 1.807) is 12.4 Å². The highest BCUT2D eigenvalue weighted by Gasteiger charge is 2.42. The Morgan fingerprint density at radius 3 is 2.80 bits per heavy atom. The highest BCUT2D eigenvalue weighted by atomic mass is 16.6. The average Bonchev–Trinajstić information content (AvgIpc) is 2.88. The Morgan fingerprint density at radius 2 is 2.20 bits per heavy atom. The number of hydrogen-bond acceptors (Lipinski definition) is 6. The van der Waals surface area contributed by atoms with E-state index in [4.69, 9.17) is 9.47 Å². The van der Waals surface area contributed by atoms with E-state index >= 15 is 0 Å². The average molecular weight is 348 g/mol. The van der Waals surface area contributed by atoms with Crippen molar-refractivity contribution in [2.45, 2.75) is 38.1 Å². The van der Waals surface area contributed by atoms with E-state index in [-0.39, 0.29) is 18.4 Å². The Kier molecular flexibility index (Phi) is 4.89. The van der Waals surface area contributed by atoms with Crippen LogP contribution in [0.15, 0.2) is 12.4 Å². The Labute approximate surface area is 147 Å². The number of ether oxygens (including phenoxy) is 2. The van der Waals surface area contributed by atoms with Crippen LogP contribution in [0.5, 0.6) is 0 Å². The van der Waals surface area contributed by atoms with Crippen LogP contribution in [-0.4, -0.2) is 65.8 Å². The minimum atomic E-state index is -0.443. The number of methoxy groups -OCH3 is 1. The van der Waals surface area contributed by atoms with Crippen LogP contribution in [0, 0.1) is 0 Å². The molecule has 2 aliphatic rings. The van der Waals surface area contributed by atoms with Crippen LogP contribution < -0.4 is 4.90 Å². The van der Waals surface area contributed by atoms with Crippen molar-refractivity contribution in [3.63, 3.8) is 0 Å². The molecular formula is C17H24N4O4. The number of rotatable bonds is 4. The zero-order chi connectivity index (χ0) is 18.0. The summed E-state index contributed by atoms with van der Waals surface area (Å²) in [5.41, 5.74) is 0.394. The smallest absolute Gasteiger partial charge is 0.416 e. The Balaban J connectivity index is 1.72. The van der Waals surface area contributed by atoms with E-state index < -0.39 is 11.6 Å². The van der Waals surface area contributed by atoms with Gasteiger partial charge in [0.25, 0.3) is 0 Å². The molecule has 2 aliphatic heterocycles. The number of nitrogens with zero attached hydrogens (tertiary/aromatic N) is 4. The summed E-state index contributed by atoms with van der Waals surface area (Å²) in [5.74, 6) is 0.632. The van der Waals surface area contributed by atoms with E-state index in [1.807, 2.05) is 18.7 Å². The molecule has 1 aromatic rings. The molecule has 8 nitrogen and oxygen atoms in total. The highest BCUT2D eigenvalue weighted by Crippen LogP contribution is 2.30. The zero-order valence-corrected chi connectivity index (χ0v) is 14.9. The lowest BCUT2D eigenvalue weighted by molar-refractivity contribution is -0.136. The Morgan fingerprint density at radius 1 is 1.40 bits per heavy atom. The first-order valence-electron chi connectivity index (χ1n) is 8.48. The van der Waals surface area contributed by atoms with Crippen molar-refractivity contribution in [1.82, 2.24) is 14.9 Å². The van der Waals surface area contributed by atoms with Gasteiger partial charge in [0.05, 0.1) is 23.6 Å². The molecule has 0 N–H and O–H groups in total. The van der Waals surface area contributed by atoms with E-state index in [0.717, 1.165) is 25.1 Å². The number of amides is 2. The van der Waals surface area contributed by atoms with Crippen molar-refractivity contribution >= 4 is 17.8 Å². The summed E-state index contributed by atoms with van der Waals surface area (Å²) in [7, 11) is 1.52. The van der Waals surface area contributed by atoms with Gasteiger partial charge in [-0.15, -0.1) is 0 Å². The number of anilines is 1. The summed E-state index contributed by atoms with van der Waals surface area (Å²) in [4.78, 5) is 36.2. The first kappa shape index (κ1) is 17.6. The van der Waals surface area contributed by atoms with E-state index in [0.29, 0.717) is 19.0 Å². The SMILES string of the molecule is COCC(=O)N1CCCC(c2cnc(N3C(=O)OCC3(C)C)cn2)C1. The molecule has 2 saturated heterocycles. The molecule has 136 valence electrons. The van der Waals surface area contributed by atoms with Crippen molar-refractivity contribution in [3.05, 3.63) is 18.1 Å². The highest BCUT2D eigenvalue weighted by molar-refractivity contribution is 5.89. The molecule has 0 saturated carbocycles. The molecule has 2 amide bonds. The summed E-state index contributed by atoms with van der Waals surface area (Å²) < 4.78 is 10.0. The first-order chi connectivity index (χ1) is 11.9. The standard InChI is InChI=1S/C17H24N4O4/c1-17(2)11-25-16(23)21(17)14-8-18-13(7-19-14)12-5-4-6-20(9-12)15(22)10-24-3/h7-8,12H,4-6,9-11H2,1-3H3. The molecule has 3 rings (SSSR count). The van der Waals surface area contributed by atoms with E-state index in [2.05, 4.69) is 9.97 Å². The molecular weight excluding hydrogens is 324 g/mol. The molecule has 25 heavy (non-hydrogen) atoms. The number of hydrogen-bond donors (Lipinski definition) is 0. The van der Waals surface area contributed by atoms with E-state index in [9.17, 15) is 9.59 Å². The summed E-state index contributed by atoms with van der Waals surface area (Å²) in [6.45, 7) is 5.64. The second kappa shape index (κ2) is 6.95. The van der Waals surface area contributed by atoms with Gasteiger partial charge in [0.2, 0.25) is 5.91 Å². The van der Waals surface area contributed by atoms with Crippen LogP contribution in [0.25, 0.3) is 0 Å². The van der Waals surface area contributed by atoms with Gasteiger partial charge in [0, 0.05) is 26.1 Å². The van der Waals surface area contributed by atoms with Gasteiger partial charge >= 0.3 is 6.09 Å². The third-order valence-electron chi connectivity index (χ3n) is 4.68. The normalized spacial score (nSPS) is 22.8. The van der Waals surface area contributed by atoms with Gasteiger partial charge in [-0.3, -0.25) is 14.7 Å². The fraction of sp³-hybridized carbons (Fsp3) is 0.647. The quantitative estimate of drug-likeness (QED) is 0.821. The lowest BCUT2D eigenvalue weighted by Gasteiger charge is -2.32. The fourth-order valence-corrected chi connectivity index (χ4v) is 3.34. The lowest BCUT2D eigenvalue weighted by atomic mass is 9.95. The number of aromatic nitrogens is 2. The topological polar surface area (TPSA) is 84.9 Å². The third kappa shape index (κ3) is 3.58. The molecule has 8 heteroatoms. The van der Waals surface area contributed by atoms with Gasteiger partial charge < -0.3 is 14.4 Å². The summed E-state index contributed by atoms with van der Waals surface area (Å²) in [6.07, 6.45) is 4.80. The van der Waals surface area contributed by atoms with Crippen LogP contribution in [0.2, 0.25) is 0 Å². The van der Waals surface area contributed by atoms with Crippen molar-refractivity contribution < 1.29 is 19.1 Å². The van der Waals surface area contributed by atoms with Gasteiger partial charge in [-0.2, -0.15) is 0 Å². The fourth-order valence-electron chi connectivity index (χ4n) is 3.34. The predicted octanol–water partition coefficient (Wildman–Crippen LogP) is 1.56. The van der Waals surface area contributed by atoms with Crippen molar-refractivity contribution in [3.8, 4) is 0 Å². The van der Waals surface area contributed by atoms with Gasteiger partial charge in [-0.1, -0.05) is 0 Å². The maximum atomic E-state index is 12.0. The minimum Gasteiger partial charge on any atom is -0.447 e. The molecule has 1 atom stereocenters. The van der Waals surface area contributed by atoms with E-state index in [1.165, 1.54) is 12.0 Å². The van der Waals surface area contributed by atoms with Crippen LogP contribution in [0.4, 0.5) is 10.6 Å². The molecule has 0 spiro atoms.